The Balaban J connectivity index is 1.50. The van der Waals surface area contributed by atoms with E-state index in [0.717, 1.165) is 10.4 Å². The van der Waals surface area contributed by atoms with E-state index in [4.69, 9.17) is 13.9 Å². The van der Waals surface area contributed by atoms with Crippen LogP contribution in [0.3, 0.4) is 0 Å². The molecule has 0 radical (unpaired) electrons. The minimum Gasteiger partial charge on any atom is -0.405 e. The molecule has 202 valence electrons. The molecule has 3 aromatic carbocycles. The monoisotopic (exact) mass is 552 g/mol. The molecule has 0 saturated carbocycles. The molecule has 2 aliphatic rings. The van der Waals surface area contributed by atoms with Gasteiger partial charge in [-0.15, -0.1) is 0 Å². The first kappa shape index (κ1) is 27.2. The van der Waals surface area contributed by atoms with Crippen molar-refractivity contribution in [1.82, 2.24) is 0 Å². The van der Waals surface area contributed by atoms with Gasteiger partial charge in [0.1, 0.15) is 18.3 Å². The number of fused-ring (bicyclic) bond motifs is 1. The molecule has 0 aliphatic carbocycles. The number of sulfone groups is 1. The Hall–Kier alpha value is -2.33. The van der Waals surface area contributed by atoms with Gasteiger partial charge in [-0.25, -0.2) is 8.42 Å². The molecule has 2 heterocycles. The summed E-state index contributed by atoms with van der Waals surface area (Å²) >= 11 is 0. The van der Waals surface area contributed by atoms with Crippen LogP contribution < -0.4 is 10.4 Å². The molecule has 6 nitrogen and oxygen atoms in total. The third-order valence-electron chi connectivity index (χ3n) is 7.75. The summed E-state index contributed by atoms with van der Waals surface area (Å²) in [6.07, 6.45) is -2.62. The van der Waals surface area contributed by atoms with Gasteiger partial charge in [0, 0.05) is 0 Å². The van der Waals surface area contributed by atoms with E-state index in [-0.39, 0.29) is 29.6 Å². The van der Waals surface area contributed by atoms with E-state index in [0.29, 0.717) is 0 Å². The van der Waals surface area contributed by atoms with Crippen LogP contribution in [0.25, 0.3) is 0 Å². The molecular formula is C30H36O6SSi. The number of rotatable bonds is 7. The third-order valence-corrected chi connectivity index (χ3v) is 14.9. The second-order valence-corrected chi connectivity index (χ2v) is 17.7. The molecule has 3 aromatic rings. The zero-order valence-corrected chi connectivity index (χ0v) is 23.9. The summed E-state index contributed by atoms with van der Waals surface area (Å²) < 4.78 is 46.6. The molecule has 5 rings (SSSR count). The average Bonchev–Trinajstić information content (AvgIpc) is 3.30. The normalized spacial score (nSPS) is 26.2. The SMILES string of the molecule is CC(C)(C)[Si](OC[C@@H]1C[C@H](S(=O)(=O)c2ccccc2)[C@H]2OC[C@@H](O)[C@H]2O1)(c1ccccc1)c1ccccc1. The van der Waals surface area contributed by atoms with E-state index in [1.54, 1.807) is 30.3 Å². The van der Waals surface area contributed by atoms with E-state index in [9.17, 15) is 13.5 Å². The van der Waals surface area contributed by atoms with Gasteiger partial charge in [0.25, 0.3) is 8.32 Å². The van der Waals surface area contributed by atoms with Crippen LogP contribution in [0.4, 0.5) is 0 Å². The molecule has 2 fully saturated rings. The van der Waals surface area contributed by atoms with Gasteiger partial charge in [0.2, 0.25) is 0 Å². The lowest BCUT2D eigenvalue weighted by Gasteiger charge is -2.45. The fourth-order valence-electron chi connectivity index (χ4n) is 5.95. The Bertz CT molecular complexity index is 1270. The average molecular weight is 553 g/mol. The summed E-state index contributed by atoms with van der Waals surface area (Å²) in [6.45, 7) is 6.87. The van der Waals surface area contributed by atoms with E-state index in [1.165, 1.54) is 0 Å². The van der Waals surface area contributed by atoms with Crippen molar-refractivity contribution in [3.05, 3.63) is 91.0 Å². The van der Waals surface area contributed by atoms with Gasteiger partial charge >= 0.3 is 0 Å². The van der Waals surface area contributed by atoms with Gasteiger partial charge in [-0.2, -0.15) is 0 Å². The standard InChI is InChI=1S/C30H36O6SSi/c1-30(2,3)38(24-15-9-5-10-16-24,25-17-11-6-12-18-25)35-20-22-19-27(29-28(36-22)26(31)21-34-29)37(32,33)23-13-7-4-8-14-23/h4-18,22,26-29,31H,19-21H2,1-3H3/t22-,26+,27-,28+,29+/m0/s1. The van der Waals surface area contributed by atoms with Gasteiger partial charge in [-0.05, 0) is 34.0 Å². The summed E-state index contributed by atoms with van der Waals surface area (Å²) in [7, 11) is -6.56. The van der Waals surface area contributed by atoms with E-state index >= 15 is 0 Å². The van der Waals surface area contributed by atoms with E-state index in [1.807, 2.05) is 36.4 Å². The summed E-state index contributed by atoms with van der Waals surface area (Å²) in [6, 6.07) is 29.1. The zero-order chi connectivity index (χ0) is 27.0. The number of ether oxygens (including phenoxy) is 2. The Labute approximate surface area is 226 Å². The first-order valence-corrected chi connectivity index (χ1v) is 16.6. The summed E-state index contributed by atoms with van der Waals surface area (Å²) in [5.74, 6) is 0. The van der Waals surface area contributed by atoms with E-state index < -0.39 is 47.8 Å². The fourth-order valence-corrected chi connectivity index (χ4v) is 12.5. The molecule has 38 heavy (non-hydrogen) atoms. The molecule has 0 spiro atoms. The maximum atomic E-state index is 13.7. The number of benzene rings is 3. The number of hydrogen-bond acceptors (Lipinski definition) is 6. The summed E-state index contributed by atoms with van der Waals surface area (Å²) in [5, 5.41) is 11.9. The highest BCUT2D eigenvalue weighted by Gasteiger charge is 2.54. The van der Waals surface area contributed by atoms with Crippen molar-refractivity contribution in [2.45, 2.75) is 66.8 Å². The van der Waals surface area contributed by atoms with Gasteiger partial charge in [0.05, 0.1) is 29.5 Å². The lowest BCUT2D eigenvalue weighted by Crippen LogP contribution is -2.67. The predicted molar refractivity (Wildman–Crippen MR) is 150 cm³/mol. The van der Waals surface area contributed by atoms with Crippen molar-refractivity contribution in [3.8, 4) is 0 Å². The second kappa shape index (κ2) is 10.7. The van der Waals surface area contributed by atoms with Crippen molar-refractivity contribution >= 4 is 28.5 Å². The minimum absolute atomic E-state index is 0.0540. The molecule has 0 aromatic heterocycles. The lowest BCUT2D eigenvalue weighted by atomic mass is 9.99. The Morgan fingerprint density at radius 1 is 0.868 bits per heavy atom. The molecule has 1 N–H and O–H groups in total. The summed E-state index contributed by atoms with van der Waals surface area (Å²) in [5.41, 5.74) is 0. The largest absolute Gasteiger partial charge is 0.405 e. The van der Waals surface area contributed by atoms with Crippen LogP contribution in [0, 0.1) is 0 Å². The molecule has 0 unspecified atom stereocenters. The van der Waals surface area contributed by atoms with Gasteiger partial charge in [-0.3, -0.25) is 0 Å². The van der Waals surface area contributed by atoms with Crippen molar-refractivity contribution in [1.29, 1.82) is 0 Å². The Kier molecular flexibility index (Phi) is 7.65. The van der Waals surface area contributed by atoms with Gasteiger partial charge < -0.3 is 19.0 Å². The van der Waals surface area contributed by atoms with Crippen LogP contribution in [-0.4, -0.2) is 64.7 Å². The number of aliphatic hydroxyl groups is 1. The molecular weight excluding hydrogens is 516 g/mol. The molecule has 2 saturated heterocycles. The van der Waals surface area contributed by atoms with Crippen molar-refractivity contribution in [3.63, 3.8) is 0 Å². The quantitative estimate of drug-likeness (QED) is 0.453. The molecule has 2 aliphatic heterocycles. The number of aliphatic hydroxyl groups excluding tert-OH is 1. The smallest absolute Gasteiger partial charge is 0.261 e. The summed E-state index contributed by atoms with van der Waals surface area (Å²) in [4.78, 5) is 0.252. The first-order chi connectivity index (χ1) is 18.1. The lowest BCUT2D eigenvalue weighted by molar-refractivity contribution is -0.122. The van der Waals surface area contributed by atoms with Gasteiger partial charge in [-0.1, -0.05) is 99.6 Å². The first-order valence-electron chi connectivity index (χ1n) is 13.1. The molecule has 0 amide bonds. The maximum absolute atomic E-state index is 13.7. The van der Waals surface area contributed by atoms with Crippen LogP contribution >= 0.6 is 0 Å². The number of hydrogen-bond donors (Lipinski definition) is 1. The third kappa shape index (κ3) is 4.90. The van der Waals surface area contributed by atoms with Crippen LogP contribution in [0.15, 0.2) is 95.9 Å². The predicted octanol–water partition coefficient (Wildman–Crippen LogP) is 3.32. The van der Waals surface area contributed by atoms with Gasteiger partial charge in [0.15, 0.2) is 9.84 Å². The van der Waals surface area contributed by atoms with Crippen LogP contribution in [0.5, 0.6) is 0 Å². The maximum Gasteiger partial charge on any atom is 0.261 e. The Morgan fingerprint density at radius 3 is 1.92 bits per heavy atom. The van der Waals surface area contributed by atoms with Crippen LogP contribution in [-0.2, 0) is 23.7 Å². The highest BCUT2D eigenvalue weighted by atomic mass is 32.2. The molecule has 8 heteroatoms. The minimum atomic E-state index is -3.72. The molecule has 0 bridgehead atoms. The van der Waals surface area contributed by atoms with Crippen molar-refractivity contribution < 1.29 is 27.4 Å². The zero-order valence-electron chi connectivity index (χ0n) is 22.1. The highest BCUT2D eigenvalue weighted by Crippen LogP contribution is 2.39. The van der Waals surface area contributed by atoms with Crippen LogP contribution in [0.2, 0.25) is 5.04 Å². The Morgan fingerprint density at radius 2 is 1.39 bits per heavy atom. The highest BCUT2D eigenvalue weighted by molar-refractivity contribution is 7.92. The van der Waals surface area contributed by atoms with Crippen molar-refractivity contribution in [2.24, 2.45) is 0 Å². The molecule has 5 atom stereocenters. The van der Waals surface area contributed by atoms with E-state index in [2.05, 4.69) is 45.0 Å². The topological polar surface area (TPSA) is 82.1 Å². The van der Waals surface area contributed by atoms with Crippen LogP contribution in [0.1, 0.15) is 27.2 Å². The van der Waals surface area contributed by atoms with Crippen molar-refractivity contribution in [2.75, 3.05) is 13.2 Å². The fraction of sp³-hybridized carbons (Fsp3) is 0.400. The second-order valence-electron chi connectivity index (χ2n) is 11.2.